The second-order valence-corrected chi connectivity index (χ2v) is 28.1. The number of phosphoric ester groups is 1. The normalized spacial score (nSPS) is 13.6. The number of unbranched alkanes of at least 4 members (excludes halogenated alkanes) is 54. The fraction of sp³-hybridized carbons (Fsp3) is 0.958. The van der Waals surface area contributed by atoms with Gasteiger partial charge in [0, 0.05) is 6.42 Å². The zero-order chi connectivity index (χ0) is 59.1. The minimum atomic E-state index is -4.32. The molecule has 1 amide bonds. The zero-order valence-corrected chi connectivity index (χ0v) is 56.5. The van der Waals surface area contributed by atoms with E-state index in [1.165, 1.54) is 327 Å². The van der Waals surface area contributed by atoms with E-state index in [1.807, 2.05) is 21.1 Å². The Morgan fingerprint density at radius 2 is 0.667 bits per heavy atom. The average Bonchev–Trinajstić information content (AvgIpc) is 3.43. The molecule has 0 bridgehead atoms. The zero-order valence-electron chi connectivity index (χ0n) is 55.6. The van der Waals surface area contributed by atoms with Crippen molar-refractivity contribution in [3.8, 4) is 0 Å². The first-order valence-corrected chi connectivity index (χ1v) is 38.0. The highest BCUT2D eigenvalue weighted by atomic mass is 31.2. The lowest BCUT2D eigenvalue weighted by Gasteiger charge is -2.26. The lowest BCUT2D eigenvalue weighted by molar-refractivity contribution is -0.870. The number of aliphatic hydroxyl groups excluding tert-OH is 1. The van der Waals surface area contributed by atoms with Crippen LogP contribution in [-0.2, 0) is 18.4 Å². The largest absolute Gasteiger partial charge is 0.472 e. The first kappa shape index (κ1) is 80.2. The molecule has 0 radical (unpaired) electrons. The number of aliphatic hydroxyl groups is 1. The summed E-state index contributed by atoms with van der Waals surface area (Å²) >= 11 is 0. The molecular weight excluding hydrogens is 1020 g/mol. The van der Waals surface area contributed by atoms with Gasteiger partial charge < -0.3 is 19.8 Å². The van der Waals surface area contributed by atoms with Gasteiger partial charge >= 0.3 is 7.82 Å². The van der Waals surface area contributed by atoms with Crippen molar-refractivity contribution in [3.63, 3.8) is 0 Å². The van der Waals surface area contributed by atoms with Crippen LogP contribution >= 0.6 is 7.82 Å². The van der Waals surface area contributed by atoms with Crippen molar-refractivity contribution >= 4 is 13.7 Å². The third-order valence-electron chi connectivity index (χ3n) is 17.3. The number of nitrogens with one attached hydrogen (secondary N) is 1. The van der Waals surface area contributed by atoms with Gasteiger partial charge in [0.25, 0.3) is 0 Å². The highest BCUT2D eigenvalue weighted by Crippen LogP contribution is 2.43. The number of allylic oxidation sites excluding steroid dienone is 2. The fourth-order valence-corrected chi connectivity index (χ4v) is 12.3. The molecule has 0 aromatic heterocycles. The Kier molecular flexibility index (Phi) is 63.1. The summed E-state index contributed by atoms with van der Waals surface area (Å²) in [5, 5.41) is 14.1. The lowest BCUT2D eigenvalue weighted by atomic mass is 10.0. The third kappa shape index (κ3) is 66.6. The van der Waals surface area contributed by atoms with Crippen LogP contribution in [0.15, 0.2) is 12.2 Å². The maximum atomic E-state index is 13.1. The number of hydrogen-bond donors (Lipinski definition) is 3. The standard InChI is InChI=1S/C72H145N2O6P/c1-6-8-10-12-14-16-18-20-22-24-26-27-28-29-30-31-32-33-34-35-36-37-38-39-40-41-42-43-44-45-46-47-48-50-52-54-56-58-60-62-64-66-72(76)73-70(69-80-81(77,78)79-68-67-74(3,4)5)71(75)65-63-61-59-57-55-53-51-49-25-23-21-19-17-15-13-11-9-7-2/h24,26,70-71,75H,6-23,25,27-69H2,1-5H3,(H-,73,76,77,78)/p+1/b26-24-. The molecule has 0 aliphatic carbocycles. The molecule has 484 valence electrons. The number of carbonyl (C=O) groups is 1. The van der Waals surface area contributed by atoms with Gasteiger partial charge in [-0.1, -0.05) is 360 Å². The van der Waals surface area contributed by atoms with Crippen molar-refractivity contribution in [2.24, 2.45) is 0 Å². The molecule has 0 rings (SSSR count). The Morgan fingerprint density at radius 3 is 0.951 bits per heavy atom. The molecule has 3 atom stereocenters. The molecule has 81 heavy (non-hydrogen) atoms. The van der Waals surface area contributed by atoms with E-state index in [4.69, 9.17) is 9.05 Å². The summed E-state index contributed by atoms with van der Waals surface area (Å²) in [7, 11) is 1.64. The molecule has 3 N–H and O–H groups in total. The summed E-state index contributed by atoms with van der Waals surface area (Å²) in [6.45, 7) is 4.95. The number of carbonyl (C=O) groups excluding carboxylic acids is 1. The Bertz CT molecular complexity index is 1320. The number of rotatable bonds is 69. The van der Waals surface area contributed by atoms with Crippen LogP contribution in [0.25, 0.3) is 0 Å². The minimum Gasteiger partial charge on any atom is -0.391 e. The summed E-state index contributed by atoms with van der Waals surface area (Å²) in [6, 6.07) is -0.757. The second-order valence-electron chi connectivity index (χ2n) is 26.7. The monoisotopic (exact) mass is 1170 g/mol. The number of amides is 1. The summed E-state index contributed by atoms with van der Waals surface area (Å²) in [5.74, 6) is -0.134. The molecule has 0 saturated carbocycles. The van der Waals surface area contributed by atoms with Crippen LogP contribution in [0.4, 0.5) is 0 Å². The number of likely N-dealkylation sites (N-methyl/N-ethyl adjacent to an activating group) is 1. The molecule has 0 aliphatic heterocycles. The fourth-order valence-electron chi connectivity index (χ4n) is 11.6. The topological polar surface area (TPSA) is 105 Å². The maximum Gasteiger partial charge on any atom is 0.472 e. The van der Waals surface area contributed by atoms with Crippen molar-refractivity contribution in [1.82, 2.24) is 5.32 Å². The van der Waals surface area contributed by atoms with Crippen LogP contribution in [0.5, 0.6) is 0 Å². The van der Waals surface area contributed by atoms with Crippen LogP contribution in [-0.4, -0.2) is 73.4 Å². The second kappa shape index (κ2) is 63.7. The molecule has 8 nitrogen and oxygen atoms in total. The van der Waals surface area contributed by atoms with E-state index in [9.17, 15) is 19.4 Å². The molecule has 0 heterocycles. The van der Waals surface area contributed by atoms with Crippen molar-refractivity contribution in [3.05, 3.63) is 12.2 Å². The van der Waals surface area contributed by atoms with Gasteiger partial charge in [0.15, 0.2) is 0 Å². The smallest absolute Gasteiger partial charge is 0.391 e. The van der Waals surface area contributed by atoms with Gasteiger partial charge in [-0.25, -0.2) is 4.57 Å². The van der Waals surface area contributed by atoms with E-state index in [0.717, 1.165) is 38.5 Å². The maximum absolute atomic E-state index is 13.1. The van der Waals surface area contributed by atoms with E-state index in [1.54, 1.807) is 0 Å². The Labute approximate surface area is 507 Å². The highest BCUT2D eigenvalue weighted by Gasteiger charge is 2.28. The van der Waals surface area contributed by atoms with Gasteiger partial charge in [-0.05, 0) is 38.5 Å². The van der Waals surface area contributed by atoms with Crippen molar-refractivity contribution in [1.29, 1.82) is 0 Å². The van der Waals surface area contributed by atoms with Crippen molar-refractivity contribution in [2.45, 2.75) is 405 Å². The predicted molar refractivity (Wildman–Crippen MR) is 355 cm³/mol. The highest BCUT2D eigenvalue weighted by molar-refractivity contribution is 7.47. The predicted octanol–water partition coefficient (Wildman–Crippen LogP) is 23.3. The molecule has 0 aromatic carbocycles. The van der Waals surface area contributed by atoms with Gasteiger partial charge in [0.1, 0.15) is 13.2 Å². The van der Waals surface area contributed by atoms with Gasteiger partial charge in [-0.15, -0.1) is 0 Å². The molecule has 0 aromatic rings. The molecule has 0 spiro atoms. The molecule has 3 unspecified atom stereocenters. The van der Waals surface area contributed by atoms with Crippen LogP contribution in [0.3, 0.4) is 0 Å². The van der Waals surface area contributed by atoms with Crippen LogP contribution in [0.2, 0.25) is 0 Å². The lowest BCUT2D eigenvalue weighted by Crippen LogP contribution is -2.46. The van der Waals surface area contributed by atoms with Gasteiger partial charge in [0.05, 0.1) is 39.9 Å². The molecule has 0 saturated heterocycles. The summed E-state index contributed by atoms with van der Waals surface area (Å²) < 4.78 is 23.9. The third-order valence-corrected chi connectivity index (χ3v) is 18.2. The summed E-state index contributed by atoms with van der Waals surface area (Å²) in [5.41, 5.74) is 0. The number of nitrogens with zero attached hydrogens (tertiary/aromatic N) is 1. The summed E-state index contributed by atoms with van der Waals surface area (Å²) in [6.07, 6.45) is 82.0. The minimum absolute atomic E-state index is 0.0787. The van der Waals surface area contributed by atoms with Crippen LogP contribution in [0, 0.1) is 0 Å². The van der Waals surface area contributed by atoms with E-state index in [0.29, 0.717) is 23.9 Å². The van der Waals surface area contributed by atoms with E-state index < -0.39 is 20.0 Å². The molecular formula is C72H146N2O6P+. The van der Waals surface area contributed by atoms with Gasteiger partial charge in [-0.2, -0.15) is 0 Å². The molecule has 9 heteroatoms. The van der Waals surface area contributed by atoms with Gasteiger partial charge in [-0.3, -0.25) is 13.8 Å². The van der Waals surface area contributed by atoms with E-state index >= 15 is 0 Å². The number of quaternary nitrogens is 1. The Balaban J connectivity index is 3.83. The van der Waals surface area contributed by atoms with Crippen LogP contribution in [0.1, 0.15) is 393 Å². The molecule has 0 fully saturated rings. The summed E-state index contributed by atoms with van der Waals surface area (Å²) in [4.78, 5) is 23.4. The van der Waals surface area contributed by atoms with Gasteiger partial charge in [0.2, 0.25) is 5.91 Å². The first-order chi connectivity index (χ1) is 39.5. The number of phosphoric acid groups is 1. The molecule has 0 aliphatic rings. The van der Waals surface area contributed by atoms with Crippen LogP contribution < -0.4 is 5.32 Å². The quantitative estimate of drug-likeness (QED) is 0.0243. The van der Waals surface area contributed by atoms with E-state index in [2.05, 4.69) is 31.3 Å². The SMILES string of the molecule is CCCCCCCCCC/C=C\CCCCCCCCCCCCCCCCCCCCCCCCCCCCCCCC(=O)NC(COP(=O)(O)OCC[N+](C)(C)C)C(O)CCCCCCCCCCCCCCCCCCCC. The van der Waals surface area contributed by atoms with Crippen molar-refractivity contribution in [2.75, 3.05) is 40.9 Å². The Hall–Kier alpha value is -0.760. The van der Waals surface area contributed by atoms with E-state index in [-0.39, 0.29) is 19.1 Å². The first-order valence-electron chi connectivity index (χ1n) is 36.6. The Morgan fingerprint density at radius 1 is 0.407 bits per heavy atom. The van der Waals surface area contributed by atoms with Crippen molar-refractivity contribution < 1.29 is 32.9 Å². The average molecular weight is 1170 g/mol. The number of hydrogen-bond acceptors (Lipinski definition) is 5.